The van der Waals surface area contributed by atoms with E-state index in [9.17, 15) is 0 Å². The monoisotopic (exact) mass is 261 g/mol. The van der Waals surface area contributed by atoms with Crippen molar-refractivity contribution in [2.45, 2.75) is 26.8 Å². The van der Waals surface area contributed by atoms with Gasteiger partial charge < -0.3 is 10.1 Å². The quantitative estimate of drug-likeness (QED) is 0.736. The van der Waals surface area contributed by atoms with Crippen LogP contribution in [0.15, 0.2) is 18.2 Å². The van der Waals surface area contributed by atoms with Crippen molar-refractivity contribution < 1.29 is 4.74 Å². The number of aromatic nitrogens is 4. The lowest BCUT2D eigenvalue weighted by molar-refractivity contribution is 0.304. The summed E-state index contributed by atoms with van der Waals surface area (Å²) < 4.78 is 5.82. The van der Waals surface area contributed by atoms with Crippen molar-refractivity contribution >= 4 is 0 Å². The molecule has 0 aliphatic heterocycles. The van der Waals surface area contributed by atoms with Gasteiger partial charge in [-0.3, -0.25) is 0 Å². The number of para-hydroxylation sites is 1. The lowest BCUT2D eigenvalue weighted by atomic mass is 10.1. The molecule has 0 amide bonds. The molecule has 6 heteroatoms. The van der Waals surface area contributed by atoms with Gasteiger partial charge in [0.15, 0.2) is 5.82 Å². The van der Waals surface area contributed by atoms with Crippen LogP contribution >= 0.6 is 0 Å². The first kappa shape index (κ1) is 13.5. The van der Waals surface area contributed by atoms with E-state index in [1.165, 1.54) is 11.1 Å². The Labute approximate surface area is 112 Å². The molecule has 2 rings (SSSR count). The molecule has 0 aliphatic carbocycles. The minimum Gasteiger partial charge on any atom is -0.493 e. The Morgan fingerprint density at radius 1 is 1.26 bits per heavy atom. The van der Waals surface area contributed by atoms with Crippen molar-refractivity contribution in [3.8, 4) is 5.75 Å². The predicted octanol–water partition coefficient (Wildman–Crippen LogP) is 1.38. The molecular weight excluding hydrogens is 242 g/mol. The summed E-state index contributed by atoms with van der Waals surface area (Å²) in [7, 11) is 0. The van der Waals surface area contributed by atoms with Crippen LogP contribution in [0.3, 0.4) is 0 Å². The van der Waals surface area contributed by atoms with E-state index in [2.05, 4.69) is 51.9 Å². The van der Waals surface area contributed by atoms with E-state index in [0.717, 1.165) is 18.7 Å². The zero-order valence-electron chi connectivity index (χ0n) is 11.3. The maximum absolute atomic E-state index is 5.82. The lowest BCUT2D eigenvalue weighted by Crippen LogP contribution is -2.18. The summed E-state index contributed by atoms with van der Waals surface area (Å²) in [6, 6.07) is 6.18. The Kier molecular flexibility index (Phi) is 4.85. The van der Waals surface area contributed by atoms with E-state index in [1.54, 1.807) is 0 Å². The van der Waals surface area contributed by atoms with E-state index < -0.39 is 0 Å². The summed E-state index contributed by atoms with van der Waals surface area (Å²) in [5.41, 5.74) is 2.36. The highest BCUT2D eigenvalue weighted by Crippen LogP contribution is 2.22. The average molecular weight is 261 g/mol. The van der Waals surface area contributed by atoms with Gasteiger partial charge in [0.1, 0.15) is 5.75 Å². The van der Waals surface area contributed by atoms with Crippen LogP contribution < -0.4 is 10.1 Å². The third-order valence-electron chi connectivity index (χ3n) is 2.83. The van der Waals surface area contributed by atoms with E-state index >= 15 is 0 Å². The maximum atomic E-state index is 5.82. The largest absolute Gasteiger partial charge is 0.493 e. The third-order valence-corrected chi connectivity index (χ3v) is 2.83. The van der Waals surface area contributed by atoms with Gasteiger partial charge in [-0.15, -0.1) is 10.2 Å². The zero-order valence-corrected chi connectivity index (χ0v) is 11.3. The number of rotatable bonds is 7. The summed E-state index contributed by atoms with van der Waals surface area (Å²) >= 11 is 0. The Morgan fingerprint density at radius 3 is 2.74 bits per heavy atom. The van der Waals surface area contributed by atoms with Crippen LogP contribution in [0.5, 0.6) is 5.75 Å². The minimum atomic E-state index is 0.625. The smallest absolute Gasteiger partial charge is 0.188 e. The topological polar surface area (TPSA) is 75.7 Å². The molecule has 0 aliphatic rings. The van der Waals surface area contributed by atoms with Gasteiger partial charge in [-0.1, -0.05) is 23.4 Å². The van der Waals surface area contributed by atoms with Crippen molar-refractivity contribution in [3.05, 3.63) is 35.2 Å². The van der Waals surface area contributed by atoms with Crippen LogP contribution in [-0.2, 0) is 6.54 Å². The normalized spacial score (nSPS) is 10.6. The number of tetrazole rings is 1. The van der Waals surface area contributed by atoms with E-state index in [0.29, 0.717) is 19.0 Å². The van der Waals surface area contributed by atoms with E-state index in [-0.39, 0.29) is 0 Å². The van der Waals surface area contributed by atoms with Gasteiger partial charge in [0, 0.05) is 0 Å². The molecule has 0 radical (unpaired) electrons. The summed E-state index contributed by atoms with van der Waals surface area (Å²) in [6.07, 6.45) is 0.936. The van der Waals surface area contributed by atoms with Gasteiger partial charge in [-0.2, -0.15) is 5.21 Å². The average Bonchev–Trinajstić information content (AvgIpc) is 2.89. The second-order valence-electron chi connectivity index (χ2n) is 4.43. The van der Waals surface area contributed by atoms with Crippen LogP contribution in [0.2, 0.25) is 0 Å². The molecule has 0 unspecified atom stereocenters. The molecule has 0 fully saturated rings. The van der Waals surface area contributed by atoms with Gasteiger partial charge in [-0.05, 0) is 37.9 Å². The van der Waals surface area contributed by atoms with E-state index in [4.69, 9.17) is 4.74 Å². The van der Waals surface area contributed by atoms with Crippen LogP contribution in [0.25, 0.3) is 0 Å². The van der Waals surface area contributed by atoms with Crippen molar-refractivity contribution in [2.75, 3.05) is 13.2 Å². The molecule has 0 bridgehead atoms. The first-order chi connectivity index (χ1) is 9.27. The first-order valence-corrected chi connectivity index (χ1v) is 6.39. The molecule has 2 aromatic rings. The number of aryl methyl sites for hydroxylation is 2. The summed E-state index contributed by atoms with van der Waals surface area (Å²) in [4.78, 5) is 0. The van der Waals surface area contributed by atoms with Gasteiger partial charge in [0.05, 0.1) is 13.2 Å². The maximum Gasteiger partial charge on any atom is 0.188 e. The van der Waals surface area contributed by atoms with Crippen molar-refractivity contribution in [1.82, 2.24) is 25.9 Å². The molecule has 0 atom stereocenters. The number of H-pyrrole nitrogens is 1. The number of benzene rings is 1. The van der Waals surface area contributed by atoms with Crippen LogP contribution in [0.1, 0.15) is 23.4 Å². The van der Waals surface area contributed by atoms with Crippen molar-refractivity contribution in [3.63, 3.8) is 0 Å². The number of hydrogen-bond donors (Lipinski definition) is 2. The fraction of sp³-hybridized carbons (Fsp3) is 0.462. The molecule has 0 spiro atoms. The van der Waals surface area contributed by atoms with Gasteiger partial charge in [0.2, 0.25) is 0 Å². The Balaban J connectivity index is 1.64. The van der Waals surface area contributed by atoms with E-state index in [1.807, 2.05) is 6.07 Å². The van der Waals surface area contributed by atoms with Crippen LogP contribution in [-0.4, -0.2) is 33.8 Å². The molecule has 6 nitrogen and oxygen atoms in total. The van der Waals surface area contributed by atoms with Crippen molar-refractivity contribution in [2.24, 2.45) is 0 Å². The number of ether oxygens (including phenoxy) is 1. The molecule has 0 saturated carbocycles. The third kappa shape index (κ3) is 4.03. The highest BCUT2D eigenvalue weighted by molar-refractivity contribution is 5.39. The second-order valence-corrected chi connectivity index (χ2v) is 4.43. The lowest BCUT2D eigenvalue weighted by Gasteiger charge is -2.11. The molecule has 1 heterocycles. The van der Waals surface area contributed by atoms with Gasteiger partial charge in [-0.25, -0.2) is 0 Å². The minimum absolute atomic E-state index is 0.625. The summed E-state index contributed by atoms with van der Waals surface area (Å²) in [5, 5.41) is 16.9. The van der Waals surface area contributed by atoms with Gasteiger partial charge in [0.25, 0.3) is 0 Å². The number of aromatic amines is 1. The van der Waals surface area contributed by atoms with Crippen LogP contribution in [0, 0.1) is 13.8 Å². The molecular formula is C13H19N5O. The summed E-state index contributed by atoms with van der Waals surface area (Å²) in [5.74, 6) is 1.68. The fourth-order valence-corrected chi connectivity index (χ4v) is 1.86. The standard InChI is InChI=1S/C13H19N5O/c1-10-5-3-6-11(2)13(10)19-8-4-7-14-9-12-15-17-18-16-12/h3,5-6,14H,4,7-9H2,1-2H3,(H,15,16,17,18). The Hall–Kier alpha value is -1.95. The molecule has 102 valence electrons. The number of hydrogen-bond acceptors (Lipinski definition) is 5. The molecule has 1 aromatic heterocycles. The highest BCUT2D eigenvalue weighted by Gasteiger charge is 2.02. The Morgan fingerprint density at radius 2 is 2.05 bits per heavy atom. The molecule has 0 saturated heterocycles. The first-order valence-electron chi connectivity index (χ1n) is 6.39. The van der Waals surface area contributed by atoms with Gasteiger partial charge >= 0.3 is 0 Å². The van der Waals surface area contributed by atoms with Crippen LogP contribution in [0.4, 0.5) is 0 Å². The number of nitrogens with zero attached hydrogens (tertiary/aromatic N) is 3. The Bertz CT molecular complexity index is 477. The summed E-state index contributed by atoms with van der Waals surface area (Å²) in [6.45, 7) is 6.32. The second kappa shape index (κ2) is 6.84. The number of nitrogens with one attached hydrogen (secondary N) is 2. The molecule has 1 aromatic carbocycles. The molecule has 19 heavy (non-hydrogen) atoms. The fourth-order valence-electron chi connectivity index (χ4n) is 1.86. The highest BCUT2D eigenvalue weighted by atomic mass is 16.5. The predicted molar refractivity (Wildman–Crippen MR) is 71.9 cm³/mol. The molecule has 2 N–H and O–H groups in total. The zero-order chi connectivity index (χ0) is 13.5. The SMILES string of the molecule is Cc1cccc(C)c1OCCCNCc1nn[nH]n1. The van der Waals surface area contributed by atoms with Crippen molar-refractivity contribution in [1.29, 1.82) is 0 Å².